The summed E-state index contributed by atoms with van der Waals surface area (Å²) >= 11 is 0. The number of aryl methyl sites for hydroxylation is 2. The van der Waals surface area contributed by atoms with Crippen LogP contribution in [0.4, 0.5) is 5.82 Å². The summed E-state index contributed by atoms with van der Waals surface area (Å²) in [6.07, 6.45) is 0. The van der Waals surface area contributed by atoms with Gasteiger partial charge in [0.05, 0.1) is 23.0 Å². The second-order valence-electron chi connectivity index (χ2n) is 5.35. The third kappa shape index (κ3) is 2.45. The minimum Gasteiger partial charge on any atom is -0.382 e. The molecule has 3 rings (SSSR count). The second-order valence-corrected chi connectivity index (χ2v) is 5.35. The molecule has 0 spiro atoms. The molecule has 3 aromatic rings. The maximum absolute atomic E-state index is 8.91. The van der Waals surface area contributed by atoms with E-state index in [-0.39, 0.29) is 0 Å². The number of nitrogens with two attached hydrogens (primary N) is 1. The van der Waals surface area contributed by atoms with Crippen LogP contribution in [-0.4, -0.2) is 9.78 Å². The number of benzene rings is 2. The van der Waals surface area contributed by atoms with E-state index in [4.69, 9.17) is 11.0 Å². The molecule has 0 fully saturated rings. The van der Waals surface area contributed by atoms with Crippen LogP contribution < -0.4 is 5.73 Å². The van der Waals surface area contributed by atoms with Crippen molar-refractivity contribution in [3.8, 4) is 23.0 Å². The van der Waals surface area contributed by atoms with Crippen molar-refractivity contribution in [3.63, 3.8) is 0 Å². The van der Waals surface area contributed by atoms with E-state index >= 15 is 0 Å². The Morgan fingerprint density at radius 3 is 2.41 bits per heavy atom. The van der Waals surface area contributed by atoms with E-state index in [1.807, 2.05) is 28.9 Å². The number of nitrogens with zero attached hydrogens (tertiary/aromatic N) is 3. The van der Waals surface area contributed by atoms with Crippen molar-refractivity contribution in [1.29, 1.82) is 5.26 Å². The van der Waals surface area contributed by atoms with Gasteiger partial charge >= 0.3 is 0 Å². The number of nitrogen functional groups attached to an aromatic ring is 1. The highest BCUT2D eigenvalue weighted by Gasteiger charge is 2.12. The SMILES string of the molecule is Cc1ccc(-n2nc(N)cc2-c2ccc(C#N)cc2)c(C)c1. The first-order valence-electron chi connectivity index (χ1n) is 7.02. The van der Waals surface area contributed by atoms with Gasteiger partial charge < -0.3 is 5.73 Å². The van der Waals surface area contributed by atoms with Crippen molar-refractivity contribution in [2.45, 2.75) is 13.8 Å². The second kappa shape index (κ2) is 5.38. The highest BCUT2D eigenvalue weighted by atomic mass is 15.3. The number of nitriles is 1. The van der Waals surface area contributed by atoms with Gasteiger partial charge in [0.2, 0.25) is 0 Å². The van der Waals surface area contributed by atoms with Crippen molar-refractivity contribution in [2.24, 2.45) is 0 Å². The van der Waals surface area contributed by atoms with Gasteiger partial charge in [-0.1, -0.05) is 29.8 Å². The normalized spacial score (nSPS) is 10.4. The Bertz CT molecular complexity index is 867. The molecule has 22 heavy (non-hydrogen) atoms. The predicted octanol–water partition coefficient (Wildman–Crippen LogP) is 3.61. The van der Waals surface area contributed by atoms with Crippen molar-refractivity contribution in [2.75, 3.05) is 5.73 Å². The molecule has 0 amide bonds. The standard InChI is InChI=1S/C18H16N4/c1-12-3-8-16(13(2)9-12)22-17(10-18(20)21-22)15-6-4-14(11-19)5-7-15/h3-10H,1-2H3,(H2,20,21). The maximum Gasteiger partial charge on any atom is 0.146 e. The zero-order valence-corrected chi connectivity index (χ0v) is 12.5. The van der Waals surface area contributed by atoms with Crippen LogP contribution in [0.25, 0.3) is 16.9 Å². The fraction of sp³-hybridized carbons (Fsp3) is 0.111. The highest BCUT2D eigenvalue weighted by Crippen LogP contribution is 2.27. The van der Waals surface area contributed by atoms with Crippen molar-refractivity contribution < 1.29 is 0 Å². The number of aromatic nitrogens is 2. The van der Waals surface area contributed by atoms with Gasteiger partial charge in [-0.25, -0.2) is 4.68 Å². The molecule has 0 bridgehead atoms. The van der Waals surface area contributed by atoms with E-state index in [0.29, 0.717) is 11.4 Å². The lowest BCUT2D eigenvalue weighted by molar-refractivity contribution is 0.884. The molecule has 2 N–H and O–H groups in total. The van der Waals surface area contributed by atoms with Crippen LogP contribution in [0.3, 0.4) is 0 Å². The minimum absolute atomic E-state index is 0.472. The zero-order valence-electron chi connectivity index (χ0n) is 12.5. The molecule has 1 heterocycles. The van der Waals surface area contributed by atoms with Gasteiger partial charge in [-0.2, -0.15) is 10.4 Å². The van der Waals surface area contributed by atoms with Gasteiger partial charge in [-0.05, 0) is 37.6 Å². The average Bonchev–Trinajstić information content (AvgIpc) is 2.89. The first kappa shape index (κ1) is 13.9. The molecule has 0 saturated carbocycles. The molecular formula is C18H16N4. The van der Waals surface area contributed by atoms with Crippen LogP contribution in [0.1, 0.15) is 16.7 Å². The minimum atomic E-state index is 0.472. The summed E-state index contributed by atoms with van der Waals surface area (Å²) < 4.78 is 1.85. The van der Waals surface area contributed by atoms with Crippen LogP contribution in [0.5, 0.6) is 0 Å². The predicted molar refractivity (Wildman–Crippen MR) is 87.6 cm³/mol. The lowest BCUT2D eigenvalue weighted by Crippen LogP contribution is -2.02. The third-order valence-electron chi connectivity index (χ3n) is 3.62. The molecule has 0 aliphatic heterocycles. The Morgan fingerprint density at radius 1 is 1.05 bits per heavy atom. The lowest BCUT2D eigenvalue weighted by Gasteiger charge is -2.11. The topological polar surface area (TPSA) is 67.6 Å². The molecule has 1 aromatic heterocycles. The van der Waals surface area contributed by atoms with E-state index in [1.54, 1.807) is 12.1 Å². The molecule has 0 aliphatic carbocycles. The summed E-state index contributed by atoms with van der Waals surface area (Å²) in [5.74, 6) is 0.472. The molecule has 0 radical (unpaired) electrons. The molecule has 0 unspecified atom stereocenters. The zero-order chi connectivity index (χ0) is 15.7. The van der Waals surface area contributed by atoms with Gasteiger partial charge in [0.1, 0.15) is 5.82 Å². The molecule has 0 aliphatic rings. The molecule has 108 valence electrons. The summed E-state index contributed by atoms with van der Waals surface area (Å²) in [4.78, 5) is 0. The Morgan fingerprint density at radius 2 is 1.77 bits per heavy atom. The van der Waals surface area contributed by atoms with Crippen LogP contribution in [0.15, 0.2) is 48.5 Å². The molecule has 0 saturated heterocycles. The number of rotatable bonds is 2. The monoisotopic (exact) mass is 288 g/mol. The first-order valence-corrected chi connectivity index (χ1v) is 7.02. The lowest BCUT2D eigenvalue weighted by atomic mass is 10.1. The average molecular weight is 288 g/mol. The molecular weight excluding hydrogens is 272 g/mol. The Labute approximate surface area is 129 Å². The summed E-state index contributed by atoms with van der Waals surface area (Å²) in [6.45, 7) is 4.12. The summed E-state index contributed by atoms with van der Waals surface area (Å²) in [7, 11) is 0. The summed E-state index contributed by atoms with van der Waals surface area (Å²) in [6, 6.07) is 17.6. The quantitative estimate of drug-likeness (QED) is 0.783. The van der Waals surface area contributed by atoms with Crippen LogP contribution in [0.2, 0.25) is 0 Å². The van der Waals surface area contributed by atoms with Crippen LogP contribution in [-0.2, 0) is 0 Å². The third-order valence-corrected chi connectivity index (χ3v) is 3.62. The number of hydrogen-bond acceptors (Lipinski definition) is 3. The van der Waals surface area contributed by atoms with Crippen LogP contribution in [0, 0.1) is 25.2 Å². The maximum atomic E-state index is 8.91. The Hall–Kier alpha value is -3.06. The van der Waals surface area contributed by atoms with Crippen molar-refractivity contribution in [3.05, 3.63) is 65.2 Å². The fourth-order valence-electron chi connectivity index (χ4n) is 2.55. The molecule has 4 heteroatoms. The summed E-state index contributed by atoms with van der Waals surface area (Å²) in [5, 5.41) is 13.3. The number of anilines is 1. The van der Waals surface area contributed by atoms with E-state index in [1.165, 1.54) is 5.56 Å². The first-order chi connectivity index (χ1) is 10.6. The largest absolute Gasteiger partial charge is 0.382 e. The van der Waals surface area contributed by atoms with Crippen molar-refractivity contribution >= 4 is 5.82 Å². The fourth-order valence-corrected chi connectivity index (χ4v) is 2.55. The van der Waals surface area contributed by atoms with Gasteiger partial charge in [0.25, 0.3) is 0 Å². The van der Waals surface area contributed by atoms with E-state index in [2.05, 4.69) is 37.1 Å². The Kier molecular flexibility index (Phi) is 3.40. The van der Waals surface area contributed by atoms with Gasteiger partial charge in [0.15, 0.2) is 0 Å². The Balaban J connectivity index is 2.15. The highest BCUT2D eigenvalue weighted by molar-refractivity contribution is 5.66. The summed E-state index contributed by atoms with van der Waals surface area (Å²) in [5.41, 5.74) is 11.8. The van der Waals surface area contributed by atoms with Gasteiger partial charge in [-0.3, -0.25) is 0 Å². The van der Waals surface area contributed by atoms with E-state index < -0.39 is 0 Å². The van der Waals surface area contributed by atoms with Crippen molar-refractivity contribution in [1.82, 2.24) is 9.78 Å². The van der Waals surface area contributed by atoms with Gasteiger partial charge in [0, 0.05) is 11.6 Å². The van der Waals surface area contributed by atoms with E-state index in [9.17, 15) is 0 Å². The number of hydrogen-bond donors (Lipinski definition) is 1. The molecule has 4 nitrogen and oxygen atoms in total. The van der Waals surface area contributed by atoms with Crippen LogP contribution >= 0.6 is 0 Å². The van der Waals surface area contributed by atoms with E-state index in [0.717, 1.165) is 22.5 Å². The van der Waals surface area contributed by atoms with Gasteiger partial charge in [-0.15, -0.1) is 0 Å². The molecule has 2 aromatic carbocycles. The molecule has 0 atom stereocenters. The smallest absolute Gasteiger partial charge is 0.146 e.